The zero-order chi connectivity index (χ0) is 39.4. The second-order valence-electron chi connectivity index (χ2n) is 15.5. The zero-order valence-electron chi connectivity index (χ0n) is 32.2. The fourth-order valence-electron chi connectivity index (χ4n) is 8.10. The molecule has 0 radical (unpaired) electrons. The normalized spacial score (nSPS) is 26.2. The molecule has 7 rings (SSSR count). The topological polar surface area (TPSA) is 161 Å². The number of esters is 1. The number of benzene rings is 1. The zero-order valence-corrected chi connectivity index (χ0v) is 33.0. The Kier molecular flexibility index (Phi) is 11.8. The van der Waals surface area contributed by atoms with Gasteiger partial charge in [0, 0.05) is 35.2 Å². The molecule has 0 bridgehead atoms. The molecule has 296 valence electrons. The number of pyridine rings is 1. The molecule has 1 aromatic carbocycles. The van der Waals surface area contributed by atoms with Crippen LogP contribution < -0.4 is 20.7 Å². The van der Waals surface area contributed by atoms with E-state index in [9.17, 15) is 19.2 Å². The number of para-hydroxylation sites is 1. The molecule has 14 heteroatoms. The third-order valence-corrected chi connectivity index (χ3v) is 11.9. The summed E-state index contributed by atoms with van der Waals surface area (Å²) in [6.45, 7) is 4.13. The number of rotatable bonds is 8. The SMILES string of the molecule is C#Cc1cccc2c(O[C@@H]3C[C@H]4C(=O)N[C@]5(C(=O)OC)CC5/C=C\CCCCC[C@H](NC(=O)OC5CCCC5)C(=O)N4C3)cc(-c3csc(NC(C)C)n3)nc12. The fraction of sp³-hybridized carbons (Fsp3) is 0.524. The number of hydrogen-bond donors (Lipinski definition) is 3. The van der Waals surface area contributed by atoms with Crippen molar-refractivity contribution in [1.82, 2.24) is 25.5 Å². The van der Waals surface area contributed by atoms with Gasteiger partial charge in [-0.05, 0) is 77.3 Å². The summed E-state index contributed by atoms with van der Waals surface area (Å²) in [4.78, 5) is 66.5. The molecule has 2 aliphatic carbocycles. The largest absolute Gasteiger partial charge is 0.488 e. The summed E-state index contributed by atoms with van der Waals surface area (Å²) in [6.07, 6.45) is 16.1. The van der Waals surface area contributed by atoms with E-state index in [4.69, 9.17) is 30.6 Å². The molecule has 3 amide bonds. The number of carbonyl (C=O) groups excluding carboxylic acids is 4. The van der Waals surface area contributed by atoms with Crippen molar-refractivity contribution in [3.8, 4) is 29.5 Å². The van der Waals surface area contributed by atoms with Gasteiger partial charge < -0.3 is 35.1 Å². The number of hydrogen-bond acceptors (Lipinski definition) is 11. The molecular formula is C42H50N6O7S. The molecule has 2 aliphatic heterocycles. The molecule has 3 N–H and O–H groups in total. The quantitative estimate of drug-likeness (QED) is 0.138. The first-order valence-electron chi connectivity index (χ1n) is 19.7. The first-order valence-corrected chi connectivity index (χ1v) is 20.6. The Morgan fingerprint density at radius 3 is 2.64 bits per heavy atom. The van der Waals surface area contributed by atoms with Gasteiger partial charge in [-0.1, -0.05) is 37.0 Å². The van der Waals surface area contributed by atoms with E-state index in [2.05, 4.69) is 21.9 Å². The second kappa shape index (κ2) is 16.9. The molecule has 3 fully saturated rings. The van der Waals surface area contributed by atoms with E-state index in [1.807, 2.05) is 55.6 Å². The lowest BCUT2D eigenvalue weighted by Gasteiger charge is -2.29. The maximum absolute atomic E-state index is 14.6. The summed E-state index contributed by atoms with van der Waals surface area (Å²) in [5, 5.41) is 12.5. The van der Waals surface area contributed by atoms with Gasteiger partial charge in [-0.3, -0.25) is 9.59 Å². The van der Waals surface area contributed by atoms with Crippen LogP contribution in [0.5, 0.6) is 5.75 Å². The van der Waals surface area contributed by atoms with Crippen molar-refractivity contribution in [1.29, 1.82) is 0 Å². The highest BCUT2D eigenvalue weighted by Gasteiger charge is 2.62. The molecule has 3 aromatic rings. The van der Waals surface area contributed by atoms with Crippen LogP contribution >= 0.6 is 11.3 Å². The Morgan fingerprint density at radius 1 is 1.07 bits per heavy atom. The summed E-state index contributed by atoms with van der Waals surface area (Å²) >= 11 is 1.47. The summed E-state index contributed by atoms with van der Waals surface area (Å²) < 4.78 is 17.6. The highest BCUT2D eigenvalue weighted by atomic mass is 32.1. The smallest absolute Gasteiger partial charge is 0.408 e. The molecule has 1 unspecified atom stereocenters. The van der Waals surface area contributed by atoms with Crippen molar-refractivity contribution in [3.05, 3.63) is 47.4 Å². The first kappa shape index (κ1) is 39.1. The molecule has 2 saturated carbocycles. The summed E-state index contributed by atoms with van der Waals surface area (Å²) in [5.41, 5.74) is 1.12. The first-order chi connectivity index (χ1) is 27.1. The number of methoxy groups -OCH3 is 1. The third kappa shape index (κ3) is 8.48. The fourth-order valence-corrected chi connectivity index (χ4v) is 8.95. The molecule has 1 saturated heterocycles. The molecule has 56 heavy (non-hydrogen) atoms. The lowest BCUT2D eigenvalue weighted by Crippen LogP contribution is -2.56. The summed E-state index contributed by atoms with van der Waals surface area (Å²) in [7, 11) is 1.31. The Labute approximate surface area is 331 Å². The predicted octanol–water partition coefficient (Wildman–Crippen LogP) is 6.11. The van der Waals surface area contributed by atoms with Crippen LogP contribution in [0.2, 0.25) is 0 Å². The molecule has 4 aliphatic rings. The van der Waals surface area contributed by atoms with Gasteiger partial charge in [0.2, 0.25) is 11.8 Å². The van der Waals surface area contributed by atoms with E-state index >= 15 is 0 Å². The van der Waals surface area contributed by atoms with Gasteiger partial charge in [-0.2, -0.15) is 0 Å². The van der Waals surface area contributed by atoms with E-state index in [0.717, 1.165) is 50.1 Å². The van der Waals surface area contributed by atoms with Crippen LogP contribution in [0.4, 0.5) is 9.93 Å². The van der Waals surface area contributed by atoms with E-state index in [-0.39, 0.29) is 31.0 Å². The minimum atomic E-state index is -1.22. The Balaban J connectivity index is 1.21. The number of nitrogens with one attached hydrogen (secondary N) is 3. The standard InChI is InChI=1S/C42H50N6O7S/c1-5-26-14-13-18-30-35(21-32(44-36(26)30)33-24-56-40(45-33)43-25(2)3)54-29-20-34-37(49)47-42(39(51)53-4)22-27(42)15-9-7-6-8-10-19-31(38(50)48(34)23-29)46-41(52)55-28-16-11-12-17-28/h1,9,13-15,18,21,24-25,27-29,31,34H,6-8,10-12,16-17,19-20,22-23H2,2-4H3,(H,43,45)(H,46,52)(H,47,49)/b15-9-/t27?,29-,31+,34+,42-/m1/s1. The van der Waals surface area contributed by atoms with Crippen LogP contribution in [0.15, 0.2) is 41.8 Å². The highest BCUT2D eigenvalue weighted by Crippen LogP contribution is 2.46. The van der Waals surface area contributed by atoms with Gasteiger partial charge in [-0.25, -0.2) is 19.6 Å². The van der Waals surface area contributed by atoms with Gasteiger partial charge in [-0.15, -0.1) is 17.8 Å². The molecule has 0 spiro atoms. The average molecular weight is 783 g/mol. The van der Waals surface area contributed by atoms with Gasteiger partial charge in [0.1, 0.15) is 41.3 Å². The summed E-state index contributed by atoms with van der Waals surface area (Å²) in [6, 6.07) is 5.60. The van der Waals surface area contributed by atoms with Crippen LogP contribution in [0.1, 0.15) is 90.0 Å². The molecular weight excluding hydrogens is 733 g/mol. The number of nitrogens with zero attached hydrogens (tertiary/aromatic N) is 3. The Morgan fingerprint density at radius 2 is 1.88 bits per heavy atom. The van der Waals surface area contributed by atoms with Crippen LogP contribution in [0.3, 0.4) is 0 Å². The minimum Gasteiger partial charge on any atom is -0.488 e. The number of alkyl carbamates (subject to hydrolysis) is 1. The van der Waals surface area contributed by atoms with E-state index < -0.39 is 47.6 Å². The number of thiazole rings is 1. The summed E-state index contributed by atoms with van der Waals surface area (Å²) in [5.74, 6) is 1.55. The second-order valence-corrected chi connectivity index (χ2v) is 16.4. The maximum Gasteiger partial charge on any atom is 0.408 e. The molecule has 13 nitrogen and oxygen atoms in total. The van der Waals surface area contributed by atoms with Crippen LogP contribution in [-0.2, 0) is 23.9 Å². The van der Waals surface area contributed by atoms with Gasteiger partial charge in [0.05, 0.1) is 30.4 Å². The van der Waals surface area contributed by atoms with Gasteiger partial charge in [0.25, 0.3) is 0 Å². The number of anilines is 1. The Bertz CT molecular complexity index is 2040. The van der Waals surface area contributed by atoms with Crippen LogP contribution in [-0.4, -0.2) is 88.3 Å². The van der Waals surface area contributed by atoms with Crippen molar-refractivity contribution in [3.63, 3.8) is 0 Å². The lowest BCUT2D eigenvalue weighted by molar-refractivity contribution is -0.148. The van der Waals surface area contributed by atoms with Crippen molar-refractivity contribution >= 4 is 51.2 Å². The van der Waals surface area contributed by atoms with Crippen molar-refractivity contribution in [2.45, 2.75) is 120 Å². The maximum atomic E-state index is 14.6. The number of allylic oxidation sites excluding steroid dienone is 1. The Hall–Kier alpha value is -5.16. The molecule has 4 heterocycles. The van der Waals surface area contributed by atoms with E-state index in [1.54, 1.807) is 0 Å². The molecule has 2 aromatic heterocycles. The van der Waals surface area contributed by atoms with Crippen molar-refractivity contribution < 1.29 is 33.4 Å². The van der Waals surface area contributed by atoms with E-state index in [0.29, 0.717) is 52.9 Å². The highest BCUT2D eigenvalue weighted by molar-refractivity contribution is 7.14. The number of terminal acetylenes is 1. The number of fused-ring (bicyclic) bond motifs is 3. The van der Waals surface area contributed by atoms with Crippen LogP contribution in [0, 0.1) is 18.3 Å². The monoisotopic (exact) mass is 782 g/mol. The van der Waals surface area contributed by atoms with Crippen molar-refractivity contribution in [2.75, 3.05) is 19.0 Å². The van der Waals surface area contributed by atoms with Gasteiger partial charge >= 0.3 is 12.1 Å². The number of ether oxygens (including phenoxy) is 3. The predicted molar refractivity (Wildman–Crippen MR) is 213 cm³/mol. The third-order valence-electron chi connectivity index (χ3n) is 11.1. The number of amides is 3. The number of aromatic nitrogens is 2. The van der Waals surface area contributed by atoms with Gasteiger partial charge in [0.15, 0.2) is 5.13 Å². The average Bonchev–Trinajstić information content (AvgIpc) is 3.62. The van der Waals surface area contributed by atoms with Crippen molar-refractivity contribution in [2.24, 2.45) is 5.92 Å². The molecule has 5 atom stereocenters. The number of carbonyl (C=O) groups is 4. The minimum absolute atomic E-state index is 0.0501. The van der Waals surface area contributed by atoms with Crippen LogP contribution in [0.25, 0.3) is 22.3 Å². The van der Waals surface area contributed by atoms with E-state index in [1.165, 1.54) is 23.3 Å². The lowest BCUT2D eigenvalue weighted by atomic mass is 10.0.